The van der Waals surface area contributed by atoms with Crippen molar-refractivity contribution in [2.24, 2.45) is 0 Å². The van der Waals surface area contributed by atoms with E-state index in [4.69, 9.17) is 4.74 Å². The topological polar surface area (TPSA) is 41.6 Å². The third-order valence-electron chi connectivity index (χ3n) is 4.61. The third-order valence-corrected chi connectivity index (χ3v) is 4.61. The van der Waals surface area contributed by atoms with Crippen molar-refractivity contribution in [3.63, 3.8) is 0 Å². The fraction of sp³-hybridized carbons (Fsp3) is 0.588. The summed E-state index contributed by atoms with van der Waals surface area (Å²) in [5, 5.41) is 3.58. The van der Waals surface area contributed by atoms with E-state index < -0.39 is 0 Å². The molecule has 1 aromatic carbocycles. The fourth-order valence-electron chi connectivity index (χ4n) is 3.26. The van der Waals surface area contributed by atoms with Crippen LogP contribution >= 0.6 is 0 Å². The standard InChI is InChI=1S/C17H24N2O2/c1-12-5-6-14(13(2)11-12)15-18-17(7-8-17)16(20)19(15)9-4-10-21-3/h5-6,11,15,18H,4,7-10H2,1-3H3. The van der Waals surface area contributed by atoms with Crippen molar-refractivity contribution in [2.45, 2.75) is 44.8 Å². The number of benzene rings is 1. The molecule has 0 aromatic heterocycles. The van der Waals surface area contributed by atoms with Gasteiger partial charge in [0.2, 0.25) is 5.91 Å². The van der Waals surface area contributed by atoms with Gasteiger partial charge in [0.1, 0.15) is 11.7 Å². The average molecular weight is 288 g/mol. The summed E-state index contributed by atoms with van der Waals surface area (Å²) < 4.78 is 5.13. The minimum atomic E-state index is -0.269. The Morgan fingerprint density at radius 3 is 2.76 bits per heavy atom. The first-order chi connectivity index (χ1) is 10.1. The molecule has 1 N–H and O–H groups in total. The Balaban J connectivity index is 1.85. The highest BCUT2D eigenvalue weighted by molar-refractivity contribution is 5.92. The molecule has 4 heteroatoms. The van der Waals surface area contributed by atoms with Crippen molar-refractivity contribution in [1.82, 2.24) is 10.2 Å². The van der Waals surface area contributed by atoms with Crippen LogP contribution in [0.25, 0.3) is 0 Å². The van der Waals surface area contributed by atoms with E-state index in [-0.39, 0.29) is 17.6 Å². The molecule has 4 nitrogen and oxygen atoms in total. The maximum Gasteiger partial charge on any atom is 0.244 e. The number of methoxy groups -OCH3 is 1. The molecule has 1 atom stereocenters. The van der Waals surface area contributed by atoms with Gasteiger partial charge in [0.15, 0.2) is 0 Å². The summed E-state index contributed by atoms with van der Waals surface area (Å²) in [5.41, 5.74) is 3.45. The van der Waals surface area contributed by atoms with Crippen LogP contribution in [0, 0.1) is 13.8 Å². The largest absolute Gasteiger partial charge is 0.385 e. The highest BCUT2D eigenvalue weighted by atomic mass is 16.5. The van der Waals surface area contributed by atoms with Gasteiger partial charge in [-0.3, -0.25) is 10.1 Å². The molecule has 1 aromatic rings. The molecule has 2 aliphatic rings. The number of amides is 1. The number of ether oxygens (including phenoxy) is 1. The Labute approximate surface area is 126 Å². The van der Waals surface area contributed by atoms with Crippen LogP contribution in [0.5, 0.6) is 0 Å². The maximum absolute atomic E-state index is 12.7. The van der Waals surface area contributed by atoms with Crippen LogP contribution in [0.15, 0.2) is 18.2 Å². The molecule has 1 saturated heterocycles. The summed E-state index contributed by atoms with van der Waals surface area (Å²) in [7, 11) is 1.70. The van der Waals surface area contributed by atoms with Gasteiger partial charge in [0, 0.05) is 20.3 Å². The first kappa shape index (κ1) is 14.5. The van der Waals surface area contributed by atoms with E-state index in [1.807, 2.05) is 4.90 Å². The van der Waals surface area contributed by atoms with Crippen molar-refractivity contribution in [1.29, 1.82) is 0 Å². The Morgan fingerprint density at radius 2 is 2.14 bits per heavy atom. The number of hydrogen-bond donors (Lipinski definition) is 1. The van der Waals surface area contributed by atoms with Gasteiger partial charge in [0.25, 0.3) is 0 Å². The van der Waals surface area contributed by atoms with Gasteiger partial charge < -0.3 is 9.64 Å². The molecule has 1 amide bonds. The molecular weight excluding hydrogens is 264 g/mol. The molecule has 1 heterocycles. The number of nitrogens with zero attached hydrogens (tertiary/aromatic N) is 1. The van der Waals surface area contributed by atoms with Gasteiger partial charge in [-0.1, -0.05) is 23.8 Å². The summed E-state index contributed by atoms with van der Waals surface area (Å²) in [5.74, 6) is 0.267. The van der Waals surface area contributed by atoms with Crippen molar-refractivity contribution in [2.75, 3.05) is 20.3 Å². The number of aryl methyl sites for hydroxylation is 2. The van der Waals surface area contributed by atoms with Crippen LogP contribution in [0.4, 0.5) is 0 Å². The zero-order chi connectivity index (χ0) is 15.0. The van der Waals surface area contributed by atoms with Gasteiger partial charge in [-0.25, -0.2) is 0 Å². The lowest BCUT2D eigenvalue weighted by molar-refractivity contribution is -0.131. The second kappa shape index (κ2) is 5.43. The molecule has 1 aliphatic carbocycles. The van der Waals surface area contributed by atoms with E-state index in [1.54, 1.807) is 7.11 Å². The number of nitrogens with one attached hydrogen (secondary N) is 1. The second-order valence-electron chi connectivity index (χ2n) is 6.33. The van der Waals surface area contributed by atoms with Crippen molar-refractivity contribution >= 4 is 5.91 Å². The quantitative estimate of drug-likeness (QED) is 0.845. The summed E-state index contributed by atoms with van der Waals surface area (Å²) in [6.07, 6.45) is 2.82. The van der Waals surface area contributed by atoms with Crippen LogP contribution in [0.1, 0.15) is 42.1 Å². The number of hydrogen-bond acceptors (Lipinski definition) is 3. The predicted octanol–water partition coefficient (Wildman–Crippen LogP) is 2.30. The summed E-state index contributed by atoms with van der Waals surface area (Å²) in [6.45, 7) is 5.66. The van der Waals surface area contributed by atoms with Gasteiger partial charge in [0.05, 0.1) is 0 Å². The smallest absolute Gasteiger partial charge is 0.244 e. The highest BCUT2D eigenvalue weighted by Gasteiger charge is 2.59. The van der Waals surface area contributed by atoms with E-state index >= 15 is 0 Å². The molecule has 1 unspecified atom stereocenters. The summed E-state index contributed by atoms with van der Waals surface area (Å²) in [4.78, 5) is 14.7. The van der Waals surface area contributed by atoms with Crippen molar-refractivity contribution in [3.05, 3.63) is 34.9 Å². The monoisotopic (exact) mass is 288 g/mol. The Morgan fingerprint density at radius 1 is 1.38 bits per heavy atom. The maximum atomic E-state index is 12.7. The van der Waals surface area contributed by atoms with Crippen LogP contribution in [-0.4, -0.2) is 36.6 Å². The van der Waals surface area contributed by atoms with Crippen molar-refractivity contribution < 1.29 is 9.53 Å². The highest BCUT2D eigenvalue weighted by Crippen LogP contribution is 2.46. The van der Waals surface area contributed by atoms with Gasteiger partial charge in [-0.15, -0.1) is 0 Å². The predicted molar refractivity (Wildman–Crippen MR) is 82.0 cm³/mol. The molecular formula is C17H24N2O2. The minimum Gasteiger partial charge on any atom is -0.385 e. The van der Waals surface area contributed by atoms with E-state index in [2.05, 4.69) is 37.4 Å². The molecule has 1 aliphatic heterocycles. The Bertz CT molecular complexity index is 552. The molecule has 21 heavy (non-hydrogen) atoms. The van der Waals surface area contributed by atoms with E-state index in [0.717, 1.165) is 25.8 Å². The van der Waals surface area contributed by atoms with Crippen LogP contribution in [0.2, 0.25) is 0 Å². The Hall–Kier alpha value is -1.39. The van der Waals surface area contributed by atoms with E-state index in [9.17, 15) is 4.79 Å². The lowest BCUT2D eigenvalue weighted by Crippen LogP contribution is -2.33. The number of carbonyl (C=O) groups excluding carboxylic acids is 1. The number of rotatable bonds is 5. The first-order valence-electron chi connectivity index (χ1n) is 7.72. The number of carbonyl (C=O) groups is 1. The van der Waals surface area contributed by atoms with E-state index in [0.29, 0.717) is 6.61 Å². The summed E-state index contributed by atoms with van der Waals surface area (Å²) >= 11 is 0. The van der Waals surface area contributed by atoms with Gasteiger partial charge >= 0.3 is 0 Å². The molecule has 114 valence electrons. The zero-order valence-electron chi connectivity index (χ0n) is 13.1. The molecule has 3 rings (SSSR count). The van der Waals surface area contributed by atoms with Crippen LogP contribution < -0.4 is 5.32 Å². The molecule has 0 radical (unpaired) electrons. The van der Waals surface area contributed by atoms with Gasteiger partial charge in [-0.2, -0.15) is 0 Å². The minimum absolute atomic E-state index is 0.0115. The molecule has 0 bridgehead atoms. The molecule has 2 fully saturated rings. The average Bonchev–Trinajstić information content (AvgIpc) is 3.17. The van der Waals surface area contributed by atoms with Crippen molar-refractivity contribution in [3.8, 4) is 0 Å². The van der Waals surface area contributed by atoms with Gasteiger partial charge in [-0.05, 0) is 44.2 Å². The SMILES string of the molecule is COCCCN1C(=O)C2(CC2)NC1c1ccc(C)cc1C. The molecule has 1 saturated carbocycles. The lowest BCUT2D eigenvalue weighted by atomic mass is 10.0. The van der Waals surface area contributed by atoms with Crippen LogP contribution in [0.3, 0.4) is 0 Å². The third kappa shape index (κ3) is 2.58. The fourth-order valence-corrected chi connectivity index (χ4v) is 3.26. The van der Waals surface area contributed by atoms with E-state index in [1.165, 1.54) is 16.7 Å². The zero-order valence-corrected chi connectivity index (χ0v) is 13.1. The Kier molecular flexibility index (Phi) is 3.76. The molecule has 1 spiro atoms. The normalized spacial score (nSPS) is 23.1. The first-order valence-corrected chi connectivity index (χ1v) is 7.72. The lowest BCUT2D eigenvalue weighted by Gasteiger charge is -2.26. The second-order valence-corrected chi connectivity index (χ2v) is 6.33. The summed E-state index contributed by atoms with van der Waals surface area (Å²) in [6, 6.07) is 6.47. The van der Waals surface area contributed by atoms with Crippen LogP contribution in [-0.2, 0) is 9.53 Å².